The van der Waals surface area contributed by atoms with Crippen LogP contribution in [0.2, 0.25) is 5.02 Å². The molecule has 0 aliphatic carbocycles. The summed E-state index contributed by atoms with van der Waals surface area (Å²) >= 11 is 6.07. The van der Waals surface area contributed by atoms with Crippen molar-refractivity contribution in [3.05, 3.63) is 29.3 Å². The second kappa shape index (κ2) is 11.0. The average molecular weight is 435 g/mol. The molecule has 0 bridgehead atoms. The van der Waals surface area contributed by atoms with Gasteiger partial charge < -0.3 is 20.0 Å². The van der Waals surface area contributed by atoms with Crippen molar-refractivity contribution in [1.82, 2.24) is 14.7 Å². The molecule has 3 rings (SSSR count). The van der Waals surface area contributed by atoms with Gasteiger partial charge in [-0.3, -0.25) is 4.79 Å². The minimum absolute atomic E-state index is 0.0780. The maximum Gasteiger partial charge on any atom is 0.322 e. The van der Waals surface area contributed by atoms with Gasteiger partial charge in [-0.25, -0.2) is 4.79 Å². The van der Waals surface area contributed by atoms with E-state index in [1.165, 1.54) is 12.8 Å². The fraction of sp³-hybridized carbons (Fsp3) is 0.652. The molecular formula is C23H35ClN4O2. The number of urea groups is 1. The average Bonchev–Trinajstić information content (AvgIpc) is 2.72. The summed E-state index contributed by atoms with van der Waals surface area (Å²) in [5, 5.41) is 3.62. The van der Waals surface area contributed by atoms with Crippen molar-refractivity contribution in [2.24, 2.45) is 5.92 Å². The second-order valence-electron chi connectivity index (χ2n) is 8.75. The van der Waals surface area contributed by atoms with Gasteiger partial charge in [0.1, 0.15) is 0 Å². The maximum absolute atomic E-state index is 13.1. The Morgan fingerprint density at radius 3 is 2.47 bits per heavy atom. The molecule has 0 aromatic heterocycles. The molecule has 0 spiro atoms. The third kappa shape index (κ3) is 6.61. The lowest BCUT2D eigenvalue weighted by atomic mass is 9.99. The lowest BCUT2D eigenvalue weighted by molar-refractivity contribution is -0.130. The van der Waals surface area contributed by atoms with Gasteiger partial charge in [0, 0.05) is 43.3 Å². The first-order valence-electron chi connectivity index (χ1n) is 11.2. The van der Waals surface area contributed by atoms with Gasteiger partial charge in [0.15, 0.2) is 0 Å². The Hall–Kier alpha value is -1.79. The van der Waals surface area contributed by atoms with Crippen molar-refractivity contribution >= 4 is 29.2 Å². The van der Waals surface area contributed by atoms with Gasteiger partial charge in [-0.15, -0.1) is 0 Å². The van der Waals surface area contributed by atoms with E-state index in [1.54, 1.807) is 19.1 Å². The standard InChI is InChI=1S/C23H35ClN4O2/c1-18-7-13-26(14-8-18)11-4-12-28(22-9-15-27(16-10-22)19(2)29)23(30)25-21-6-3-5-20(24)17-21/h3,5-6,17-18,22H,4,7-16H2,1-2H3,(H,25,30). The highest BCUT2D eigenvalue weighted by atomic mass is 35.5. The first-order chi connectivity index (χ1) is 14.4. The fourth-order valence-electron chi connectivity index (χ4n) is 4.45. The van der Waals surface area contributed by atoms with Crippen molar-refractivity contribution in [1.29, 1.82) is 0 Å². The molecule has 2 heterocycles. The van der Waals surface area contributed by atoms with Crippen LogP contribution in [0.3, 0.4) is 0 Å². The topological polar surface area (TPSA) is 55.9 Å². The molecule has 1 aromatic rings. The van der Waals surface area contributed by atoms with Crippen LogP contribution in [-0.2, 0) is 4.79 Å². The van der Waals surface area contributed by atoms with Gasteiger partial charge in [0.25, 0.3) is 0 Å². The number of anilines is 1. The Morgan fingerprint density at radius 2 is 1.83 bits per heavy atom. The zero-order valence-electron chi connectivity index (χ0n) is 18.3. The van der Waals surface area contributed by atoms with Crippen LogP contribution in [-0.4, -0.2) is 71.9 Å². The molecule has 1 aromatic carbocycles. The molecule has 166 valence electrons. The normalized spacial score (nSPS) is 19.0. The number of rotatable bonds is 6. The van der Waals surface area contributed by atoms with Crippen molar-refractivity contribution in [3.8, 4) is 0 Å². The summed E-state index contributed by atoms with van der Waals surface area (Å²) in [5.41, 5.74) is 0.712. The smallest absolute Gasteiger partial charge is 0.322 e. The Kier molecular flexibility index (Phi) is 8.40. The number of nitrogens with one attached hydrogen (secondary N) is 1. The van der Waals surface area contributed by atoms with Gasteiger partial charge in [-0.05, 0) is 75.9 Å². The Bertz CT molecular complexity index is 713. The summed E-state index contributed by atoms with van der Waals surface area (Å²) in [4.78, 5) is 31.2. The van der Waals surface area contributed by atoms with Crippen molar-refractivity contribution in [2.75, 3.05) is 44.6 Å². The highest BCUT2D eigenvalue weighted by Gasteiger charge is 2.29. The van der Waals surface area contributed by atoms with E-state index < -0.39 is 0 Å². The number of nitrogens with zero attached hydrogens (tertiary/aromatic N) is 3. The van der Waals surface area contributed by atoms with Crippen molar-refractivity contribution in [3.63, 3.8) is 0 Å². The molecule has 2 aliphatic heterocycles. The van der Waals surface area contributed by atoms with Crippen LogP contribution < -0.4 is 5.32 Å². The van der Waals surface area contributed by atoms with Gasteiger partial charge in [-0.1, -0.05) is 24.6 Å². The predicted molar refractivity (Wildman–Crippen MR) is 122 cm³/mol. The lowest BCUT2D eigenvalue weighted by Gasteiger charge is -2.39. The summed E-state index contributed by atoms with van der Waals surface area (Å²) < 4.78 is 0. The van der Waals surface area contributed by atoms with Crippen LogP contribution in [0.5, 0.6) is 0 Å². The third-order valence-corrected chi connectivity index (χ3v) is 6.67. The Balaban J connectivity index is 1.59. The van der Waals surface area contributed by atoms with E-state index in [2.05, 4.69) is 17.1 Å². The quantitative estimate of drug-likeness (QED) is 0.725. The number of hydrogen-bond acceptors (Lipinski definition) is 3. The van der Waals surface area contributed by atoms with Crippen molar-refractivity contribution < 1.29 is 9.59 Å². The van der Waals surface area contributed by atoms with E-state index in [0.29, 0.717) is 23.8 Å². The van der Waals surface area contributed by atoms with Gasteiger partial charge >= 0.3 is 6.03 Å². The first-order valence-corrected chi connectivity index (χ1v) is 11.6. The van der Waals surface area contributed by atoms with E-state index in [4.69, 9.17) is 11.6 Å². The number of amides is 3. The molecule has 2 fully saturated rings. The molecule has 0 radical (unpaired) electrons. The van der Waals surface area contributed by atoms with Gasteiger partial charge in [-0.2, -0.15) is 0 Å². The van der Waals surface area contributed by atoms with E-state index in [1.807, 2.05) is 21.9 Å². The summed E-state index contributed by atoms with van der Waals surface area (Å²) in [6.45, 7) is 9.44. The molecule has 3 amide bonds. The van der Waals surface area contributed by atoms with Gasteiger partial charge in [0.05, 0.1) is 0 Å². The largest absolute Gasteiger partial charge is 0.343 e. The van der Waals surface area contributed by atoms with E-state index in [-0.39, 0.29) is 18.0 Å². The predicted octanol–water partition coefficient (Wildman–Crippen LogP) is 4.31. The zero-order chi connectivity index (χ0) is 21.5. The lowest BCUT2D eigenvalue weighted by Crippen LogP contribution is -2.50. The zero-order valence-corrected chi connectivity index (χ0v) is 19.0. The minimum atomic E-state index is -0.0780. The van der Waals surface area contributed by atoms with Gasteiger partial charge in [0.2, 0.25) is 5.91 Å². The minimum Gasteiger partial charge on any atom is -0.343 e. The highest BCUT2D eigenvalue weighted by molar-refractivity contribution is 6.30. The van der Waals surface area contributed by atoms with Crippen LogP contribution in [0.1, 0.15) is 46.0 Å². The maximum atomic E-state index is 13.1. The van der Waals surface area contributed by atoms with Crippen LogP contribution in [0.25, 0.3) is 0 Å². The fourth-order valence-corrected chi connectivity index (χ4v) is 4.64. The van der Waals surface area contributed by atoms with Crippen LogP contribution in [0.15, 0.2) is 24.3 Å². The third-order valence-electron chi connectivity index (χ3n) is 6.44. The summed E-state index contributed by atoms with van der Waals surface area (Å²) in [5.74, 6) is 0.940. The number of carbonyl (C=O) groups excluding carboxylic acids is 2. The van der Waals surface area contributed by atoms with Crippen LogP contribution in [0, 0.1) is 5.92 Å². The van der Waals surface area contributed by atoms with E-state index in [9.17, 15) is 9.59 Å². The Labute approximate surface area is 185 Å². The first kappa shape index (κ1) is 22.9. The number of hydrogen-bond donors (Lipinski definition) is 1. The second-order valence-corrected chi connectivity index (χ2v) is 9.19. The number of likely N-dealkylation sites (tertiary alicyclic amines) is 2. The van der Waals surface area contributed by atoms with Crippen molar-refractivity contribution in [2.45, 2.75) is 52.0 Å². The van der Waals surface area contributed by atoms with E-state index in [0.717, 1.165) is 51.4 Å². The molecular weight excluding hydrogens is 400 g/mol. The SMILES string of the molecule is CC(=O)N1CCC(N(CCCN2CCC(C)CC2)C(=O)Nc2cccc(Cl)c2)CC1. The number of piperidine rings is 2. The molecule has 0 atom stereocenters. The molecule has 0 saturated carbocycles. The monoisotopic (exact) mass is 434 g/mol. The summed E-state index contributed by atoms with van der Waals surface area (Å²) in [6.07, 6.45) is 5.14. The molecule has 7 heteroatoms. The molecule has 2 aliphatic rings. The summed E-state index contributed by atoms with van der Waals surface area (Å²) in [6, 6.07) is 7.34. The Morgan fingerprint density at radius 1 is 1.13 bits per heavy atom. The van der Waals surface area contributed by atoms with Crippen LogP contribution >= 0.6 is 11.6 Å². The van der Waals surface area contributed by atoms with E-state index >= 15 is 0 Å². The number of halogens is 1. The molecule has 1 N–H and O–H groups in total. The summed E-state index contributed by atoms with van der Waals surface area (Å²) in [7, 11) is 0. The number of carbonyl (C=O) groups is 2. The molecule has 30 heavy (non-hydrogen) atoms. The highest BCUT2D eigenvalue weighted by Crippen LogP contribution is 2.21. The molecule has 0 unspecified atom stereocenters. The molecule has 6 nitrogen and oxygen atoms in total. The van der Waals surface area contributed by atoms with Crippen LogP contribution in [0.4, 0.5) is 10.5 Å². The molecule has 2 saturated heterocycles. The number of benzene rings is 1.